The highest BCUT2D eigenvalue weighted by atomic mass is 32.2. The van der Waals surface area contributed by atoms with Gasteiger partial charge >= 0.3 is 0 Å². The monoisotopic (exact) mass is 288 g/mol. The quantitative estimate of drug-likeness (QED) is 0.810. The number of rotatable bonds is 7. The number of hydrogen-bond acceptors (Lipinski definition) is 4. The van der Waals surface area contributed by atoms with Gasteiger partial charge < -0.3 is 4.90 Å². The van der Waals surface area contributed by atoms with Gasteiger partial charge in [0.1, 0.15) is 4.90 Å². The minimum Gasteiger partial charge on any atom is -0.309 e. The van der Waals surface area contributed by atoms with Gasteiger partial charge in [-0.1, -0.05) is 0 Å². The van der Waals surface area contributed by atoms with Crippen molar-refractivity contribution in [3.05, 3.63) is 12.4 Å². The maximum Gasteiger partial charge on any atom is 0.244 e. The molecule has 0 amide bonds. The molecule has 19 heavy (non-hydrogen) atoms. The van der Waals surface area contributed by atoms with Crippen molar-refractivity contribution < 1.29 is 8.42 Å². The van der Waals surface area contributed by atoms with Crippen LogP contribution in [0.5, 0.6) is 0 Å². The normalized spacial score (nSPS) is 13.2. The van der Waals surface area contributed by atoms with E-state index in [9.17, 15) is 8.42 Å². The Hall–Kier alpha value is -0.920. The minimum atomic E-state index is -3.51. The van der Waals surface area contributed by atoms with Gasteiger partial charge in [0.05, 0.1) is 6.20 Å². The van der Waals surface area contributed by atoms with Gasteiger partial charge in [0, 0.05) is 18.3 Å². The second kappa shape index (κ2) is 6.02. The first kappa shape index (κ1) is 16.1. The molecule has 0 unspecified atom stereocenters. The molecule has 0 aliphatic rings. The summed E-state index contributed by atoms with van der Waals surface area (Å²) < 4.78 is 28.8. The van der Waals surface area contributed by atoms with E-state index in [1.54, 1.807) is 10.9 Å². The summed E-state index contributed by atoms with van der Waals surface area (Å²) in [7, 11) is 0.429. The van der Waals surface area contributed by atoms with Crippen molar-refractivity contribution in [2.45, 2.75) is 44.2 Å². The van der Waals surface area contributed by atoms with Gasteiger partial charge in [-0.15, -0.1) is 0 Å². The molecular formula is C12H24N4O2S. The summed E-state index contributed by atoms with van der Waals surface area (Å²) in [5, 5.41) is 3.99. The van der Waals surface area contributed by atoms with Crippen molar-refractivity contribution in [2.24, 2.45) is 0 Å². The summed E-state index contributed by atoms with van der Waals surface area (Å²) >= 11 is 0. The first-order valence-electron chi connectivity index (χ1n) is 6.37. The Labute approximate surface area is 115 Å². The highest BCUT2D eigenvalue weighted by Gasteiger charge is 2.27. The average molecular weight is 288 g/mol. The molecule has 0 saturated carbocycles. The van der Waals surface area contributed by atoms with E-state index in [0.29, 0.717) is 6.54 Å². The number of aryl methyl sites for hydroxylation is 1. The van der Waals surface area contributed by atoms with Crippen LogP contribution in [0.25, 0.3) is 0 Å². The van der Waals surface area contributed by atoms with E-state index < -0.39 is 15.6 Å². The number of nitrogens with one attached hydrogen (secondary N) is 1. The van der Waals surface area contributed by atoms with Crippen LogP contribution < -0.4 is 4.72 Å². The van der Waals surface area contributed by atoms with Gasteiger partial charge in [0.25, 0.3) is 0 Å². The van der Waals surface area contributed by atoms with Crippen LogP contribution >= 0.6 is 0 Å². The predicted octanol–water partition coefficient (Wildman–Crippen LogP) is 0.912. The number of hydrogen-bond donors (Lipinski definition) is 1. The Kier molecular flexibility index (Phi) is 5.11. The van der Waals surface area contributed by atoms with Crippen molar-refractivity contribution in [1.82, 2.24) is 19.4 Å². The largest absolute Gasteiger partial charge is 0.309 e. The van der Waals surface area contributed by atoms with Crippen LogP contribution in [0.1, 0.15) is 27.2 Å². The summed E-state index contributed by atoms with van der Waals surface area (Å²) in [6, 6.07) is 0. The van der Waals surface area contributed by atoms with Gasteiger partial charge in [0.15, 0.2) is 0 Å². The Morgan fingerprint density at radius 1 is 1.42 bits per heavy atom. The molecule has 0 fully saturated rings. The summed E-state index contributed by atoms with van der Waals surface area (Å²) in [6.45, 7) is 7.16. The molecule has 0 spiro atoms. The van der Waals surface area contributed by atoms with Crippen LogP contribution in [0.15, 0.2) is 17.3 Å². The number of sulfonamides is 1. The summed E-state index contributed by atoms with van der Waals surface area (Å²) in [6.07, 6.45) is 3.67. The smallest absolute Gasteiger partial charge is 0.244 e. The lowest BCUT2D eigenvalue weighted by Gasteiger charge is -2.27. The van der Waals surface area contributed by atoms with E-state index in [1.165, 1.54) is 6.20 Å². The molecule has 1 rings (SSSR count). The number of nitrogens with zero attached hydrogens (tertiary/aromatic N) is 3. The zero-order chi connectivity index (χ0) is 14.7. The molecule has 1 N–H and O–H groups in total. The van der Waals surface area contributed by atoms with Gasteiger partial charge in [-0.25, -0.2) is 13.1 Å². The molecule has 0 saturated heterocycles. The Bertz CT molecular complexity index is 506. The molecule has 0 aliphatic carbocycles. The lowest BCUT2D eigenvalue weighted by atomic mass is 10.0. The van der Waals surface area contributed by atoms with E-state index in [0.717, 1.165) is 13.0 Å². The Balaban J connectivity index is 2.78. The maximum atomic E-state index is 12.2. The molecule has 0 aliphatic heterocycles. The average Bonchev–Trinajstić information content (AvgIpc) is 2.74. The molecule has 1 aromatic rings. The molecule has 6 nitrogen and oxygen atoms in total. The molecule has 7 heteroatoms. The second-order valence-electron chi connectivity index (χ2n) is 5.57. The third-order valence-corrected chi connectivity index (χ3v) is 4.49. The van der Waals surface area contributed by atoms with E-state index in [4.69, 9.17) is 0 Å². The van der Waals surface area contributed by atoms with Crippen LogP contribution in [-0.2, 0) is 16.6 Å². The van der Waals surface area contributed by atoms with Gasteiger partial charge in [0.2, 0.25) is 10.0 Å². The Morgan fingerprint density at radius 2 is 2.05 bits per heavy atom. The van der Waals surface area contributed by atoms with Crippen LogP contribution in [0.3, 0.4) is 0 Å². The maximum absolute atomic E-state index is 12.2. The SMILES string of the molecule is CCn1cc(S(=O)(=O)NC(C)(C)CCN(C)C)cn1. The topological polar surface area (TPSA) is 67.2 Å². The molecule has 110 valence electrons. The lowest BCUT2D eigenvalue weighted by Crippen LogP contribution is -2.44. The lowest BCUT2D eigenvalue weighted by molar-refractivity contribution is 0.327. The highest BCUT2D eigenvalue weighted by molar-refractivity contribution is 7.89. The molecule has 0 aromatic carbocycles. The second-order valence-corrected chi connectivity index (χ2v) is 7.26. The summed E-state index contributed by atoms with van der Waals surface area (Å²) in [5.74, 6) is 0. The van der Waals surface area contributed by atoms with Gasteiger partial charge in [-0.2, -0.15) is 5.10 Å². The molecule has 0 radical (unpaired) electrons. The zero-order valence-corrected chi connectivity index (χ0v) is 13.2. The van der Waals surface area contributed by atoms with E-state index in [2.05, 4.69) is 9.82 Å². The fourth-order valence-electron chi connectivity index (χ4n) is 1.63. The third kappa shape index (κ3) is 4.93. The van der Waals surface area contributed by atoms with E-state index >= 15 is 0 Å². The summed E-state index contributed by atoms with van der Waals surface area (Å²) in [4.78, 5) is 2.25. The van der Waals surface area contributed by atoms with Crippen molar-refractivity contribution in [3.8, 4) is 0 Å². The summed E-state index contributed by atoms with van der Waals surface area (Å²) in [5.41, 5.74) is -0.489. The van der Waals surface area contributed by atoms with Crippen LogP contribution in [-0.4, -0.2) is 49.3 Å². The van der Waals surface area contributed by atoms with E-state index in [-0.39, 0.29) is 4.90 Å². The standard InChI is InChI=1S/C12H24N4O2S/c1-6-16-10-11(9-13-16)19(17,18)14-12(2,3)7-8-15(4)5/h9-10,14H,6-8H2,1-5H3. The van der Waals surface area contributed by atoms with Crippen molar-refractivity contribution in [1.29, 1.82) is 0 Å². The fraction of sp³-hybridized carbons (Fsp3) is 0.750. The Morgan fingerprint density at radius 3 is 2.53 bits per heavy atom. The first-order valence-corrected chi connectivity index (χ1v) is 7.86. The molecule has 1 aromatic heterocycles. The van der Waals surface area contributed by atoms with Gasteiger partial charge in [-0.05, 0) is 47.8 Å². The molecule has 0 bridgehead atoms. The van der Waals surface area contributed by atoms with Crippen molar-refractivity contribution in [2.75, 3.05) is 20.6 Å². The first-order chi connectivity index (χ1) is 8.66. The molecule has 1 heterocycles. The molecular weight excluding hydrogens is 264 g/mol. The van der Waals surface area contributed by atoms with Crippen LogP contribution in [0.2, 0.25) is 0 Å². The van der Waals surface area contributed by atoms with Crippen LogP contribution in [0.4, 0.5) is 0 Å². The molecule has 0 atom stereocenters. The van der Waals surface area contributed by atoms with Crippen molar-refractivity contribution in [3.63, 3.8) is 0 Å². The van der Waals surface area contributed by atoms with Crippen LogP contribution in [0, 0.1) is 0 Å². The van der Waals surface area contributed by atoms with Gasteiger partial charge in [-0.3, -0.25) is 4.68 Å². The predicted molar refractivity (Wildman–Crippen MR) is 75.5 cm³/mol. The van der Waals surface area contributed by atoms with Crippen molar-refractivity contribution >= 4 is 10.0 Å². The minimum absolute atomic E-state index is 0.215. The highest BCUT2D eigenvalue weighted by Crippen LogP contribution is 2.15. The third-order valence-electron chi connectivity index (χ3n) is 2.84. The fourth-order valence-corrected chi connectivity index (χ4v) is 3.03. The van der Waals surface area contributed by atoms with E-state index in [1.807, 2.05) is 39.8 Å². The zero-order valence-electron chi connectivity index (χ0n) is 12.3. The number of aromatic nitrogens is 2.